The summed E-state index contributed by atoms with van der Waals surface area (Å²) in [6.45, 7) is 5.32. The summed E-state index contributed by atoms with van der Waals surface area (Å²) in [4.78, 5) is 0. The first-order valence-corrected chi connectivity index (χ1v) is 4.74. The van der Waals surface area contributed by atoms with Gasteiger partial charge in [-0.1, -0.05) is 0 Å². The van der Waals surface area contributed by atoms with Crippen molar-refractivity contribution in [3.63, 3.8) is 0 Å². The van der Waals surface area contributed by atoms with E-state index in [9.17, 15) is 0 Å². The van der Waals surface area contributed by atoms with Gasteiger partial charge in [0.15, 0.2) is 5.79 Å². The lowest BCUT2D eigenvalue weighted by Gasteiger charge is -2.20. The molecule has 0 amide bonds. The van der Waals surface area contributed by atoms with Crippen molar-refractivity contribution in [3.8, 4) is 0 Å². The maximum atomic E-state index is 5.76. The van der Waals surface area contributed by atoms with Crippen molar-refractivity contribution in [1.29, 1.82) is 0 Å². The molecule has 3 fully saturated rings. The van der Waals surface area contributed by atoms with E-state index in [0.717, 1.165) is 6.61 Å². The van der Waals surface area contributed by atoms with E-state index in [0.29, 0.717) is 6.61 Å². The van der Waals surface area contributed by atoms with E-state index in [1.54, 1.807) is 0 Å². The maximum Gasteiger partial charge on any atom is 0.164 e. The molecule has 74 valence electrons. The Bertz CT molecular complexity index is 224. The van der Waals surface area contributed by atoms with E-state index in [4.69, 9.17) is 18.9 Å². The minimum atomic E-state index is -0.452. The minimum Gasteiger partial charge on any atom is -0.370 e. The Labute approximate surface area is 77.1 Å². The standard InChI is InChI=1S/C9H14O4/c1-9(2)12-6-4-11-7(5-3-10-5)8(6)13-9/h5-8H,3-4H2,1-2H3/t5-,6+,7-,8-/m0/s1. The molecule has 0 aliphatic carbocycles. The van der Waals surface area contributed by atoms with Crippen LogP contribution in [0.2, 0.25) is 0 Å². The van der Waals surface area contributed by atoms with Gasteiger partial charge in [-0.3, -0.25) is 0 Å². The highest BCUT2D eigenvalue weighted by Crippen LogP contribution is 2.38. The van der Waals surface area contributed by atoms with Gasteiger partial charge in [-0.05, 0) is 13.8 Å². The number of hydrogen-bond donors (Lipinski definition) is 0. The summed E-state index contributed by atoms with van der Waals surface area (Å²) in [6.07, 6.45) is 0.506. The topological polar surface area (TPSA) is 40.2 Å². The van der Waals surface area contributed by atoms with Gasteiger partial charge >= 0.3 is 0 Å². The summed E-state index contributed by atoms with van der Waals surface area (Å²) in [7, 11) is 0. The van der Waals surface area contributed by atoms with Crippen LogP contribution in [0.25, 0.3) is 0 Å². The third-order valence-electron chi connectivity index (χ3n) is 2.72. The number of rotatable bonds is 1. The molecule has 0 radical (unpaired) electrons. The average molecular weight is 186 g/mol. The zero-order valence-electron chi connectivity index (χ0n) is 7.86. The van der Waals surface area contributed by atoms with Gasteiger partial charge in [0.05, 0.1) is 13.2 Å². The fraction of sp³-hybridized carbons (Fsp3) is 1.00. The highest BCUT2D eigenvalue weighted by molar-refractivity contribution is 4.98. The summed E-state index contributed by atoms with van der Waals surface area (Å²) >= 11 is 0. The van der Waals surface area contributed by atoms with E-state index < -0.39 is 5.79 Å². The SMILES string of the molecule is CC1(C)O[C@@H]2[C@H]([C@@H]3CO3)OC[C@H]2O1. The highest BCUT2D eigenvalue weighted by atomic mass is 16.8. The quantitative estimate of drug-likeness (QED) is 0.552. The van der Waals surface area contributed by atoms with Crippen molar-refractivity contribution in [1.82, 2.24) is 0 Å². The van der Waals surface area contributed by atoms with Crippen LogP contribution in [0.15, 0.2) is 0 Å². The molecular weight excluding hydrogens is 172 g/mol. The van der Waals surface area contributed by atoms with Crippen LogP contribution in [-0.4, -0.2) is 43.4 Å². The lowest BCUT2D eigenvalue weighted by atomic mass is 10.1. The first-order valence-electron chi connectivity index (χ1n) is 4.74. The highest BCUT2D eigenvalue weighted by Gasteiger charge is 2.55. The van der Waals surface area contributed by atoms with Crippen molar-refractivity contribution in [2.45, 2.75) is 44.1 Å². The van der Waals surface area contributed by atoms with Crippen LogP contribution in [0.3, 0.4) is 0 Å². The molecule has 0 aromatic carbocycles. The third-order valence-corrected chi connectivity index (χ3v) is 2.72. The Morgan fingerprint density at radius 2 is 1.69 bits per heavy atom. The summed E-state index contributed by atoms with van der Waals surface area (Å²) in [5.41, 5.74) is 0. The molecule has 0 unspecified atom stereocenters. The smallest absolute Gasteiger partial charge is 0.164 e. The summed E-state index contributed by atoms with van der Waals surface area (Å²) in [6, 6.07) is 0. The Hall–Kier alpha value is -0.160. The largest absolute Gasteiger partial charge is 0.370 e. The predicted molar refractivity (Wildman–Crippen MR) is 43.3 cm³/mol. The van der Waals surface area contributed by atoms with Gasteiger partial charge in [0, 0.05) is 0 Å². The molecule has 4 nitrogen and oxygen atoms in total. The number of ether oxygens (including phenoxy) is 4. The van der Waals surface area contributed by atoms with E-state index in [2.05, 4.69) is 0 Å². The molecule has 3 saturated heterocycles. The van der Waals surface area contributed by atoms with Crippen LogP contribution in [0.4, 0.5) is 0 Å². The van der Waals surface area contributed by atoms with Crippen LogP contribution < -0.4 is 0 Å². The van der Waals surface area contributed by atoms with Gasteiger partial charge < -0.3 is 18.9 Å². The van der Waals surface area contributed by atoms with Crippen LogP contribution in [0.5, 0.6) is 0 Å². The van der Waals surface area contributed by atoms with E-state index in [-0.39, 0.29) is 24.4 Å². The van der Waals surface area contributed by atoms with Gasteiger partial charge in [-0.25, -0.2) is 0 Å². The summed E-state index contributed by atoms with van der Waals surface area (Å²) in [5.74, 6) is -0.452. The molecular formula is C9H14O4. The van der Waals surface area contributed by atoms with Gasteiger partial charge in [-0.2, -0.15) is 0 Å². The fourth-order valence-corrected chi connectivity index (χ4v) is 2.14. The first-order chi connectivity index (χ1) is 6.16. The van der Waals surface area contributed by atoms with Crippen LogP contribution in [0, 0.1) is 0 Å². The number of fused-ring (bicyclic) bond motifs is 1. The zero-order valence-corrected chi connectivity index (χ0v) is 7.86. The van der Waals surface area contributed by atoms with Crippen LogP contribution in [-0.2, 0) is 18.9 Å². The van der Waals surface area contributed by atoms with Crippen molar-refractivity contribution in [2.75, 3.05) is 13.2 Å². The molecule has 0 aromatic rings. The van der Waals surface area contributed by atoms with E-state index in [1.165, 1.54) is 0 Å². The van der Waals surface area contributed by atoms with Crippen molar-refractivity contribution in [2.24, 2.45) is 0 Å². The van der Waals surface area contributed by atoms with Crippen molar-refractivity contribution in [3.05, 3.63) is 0 Å². The predicted octanol–water partition coefficient (Wildman–Crippen LogP) is 0.304. The van der Waals surface area contributed by atoms with Gasteiger partial charge in [-0.15, -0.1) is 0 Å². The molecule has 13 heavy (non-hydrogen) atoms. The van der Waals surface area contributed by atoms with Crippen molar-refractivity contribution < 1.29 is 18.9 Å². The third kappa shape index (κ3) is 1.29. The maximum absolute atomic E-state index is 5.76. The fourth-order valence-electron chi connectivity index (χ4n) is 2.14. The molecule has 0 spiro atoms. The van der Waals surface area contributed by atoms with Crippen LogP contribution in [0.1, 0.15) is 13.8 Å². The molecule has 0 bridgehead atoms. The average Bonchev–Trinajstić information content (AvgIpc) is 2.72. The van der Waals surface area contributed by atoms with E-state index >= 15 is 0 Å². The van der Waals surface area contributed by atoms with Gasteiger partial charge in [0.25, 0.3) is 0 Å². The molecule has 0 aromatic heterocycles. The lowest BCUT2D eigenvalue weighted by Crippen LogP contribution is -2.33. The second-order valence-corrected chi connectivity index (χ2v) is 4.31. The summed E-state index contributed by atoms with van der Waals surface area (Å²) < 4.78 is 22.2. The van der Waals surface area contributed by atoms with Gasteiger partial charge in [0.2, 0.25) is 0 Å². The second kappa shape index (κ2) is 2.45. The number of hydrogen-bond acceptors (Lipinski definition) is 4. The van der Waals surface area contributed by atoms with Crippen LogP contribution >= 0.6 is 0 Å². The molecule has 0 saturated carbocycles. The minimum absolute atomic E-state index is 0.0718. The molecule has 3 heterocycles. The molecule has 0 N–H and O–H groups in total. The van der Waals surface area contributed by atoms with E-state index in [1.807, 2.05) is 13.8 Å². The molecule has 3 aliphatic rings. The van der Waals surface area contributed by atoms with Crippen molar-refractivity contribution >= 4 is 0 Å². The zero-order chi connectivity index (χ0) is 9.05. The Morgan fingerprint density at radius 3 is 2.38 bits per heavy atom. The molecule has 3 aliphatic heterocycles. The first kappa shape index (κ1) is 8.17. The summed E-state index contributed by atoms with van der Waals surface area (Å²) in [5, 5.41) is 0. The Morgan fingerprint density at radius 1 is 0.923 bits per heavy atom. The lowest BCUT2D eigenvalue weighted by molar-refractivity contribution is -0.176. The Balaban J connectivity index is 1.76. The molecule has 3 rings (SSSR count). The Kier molecular flexibility index (Phi) is 1.54. The molecule has 4 heteroatoms. The second-order valence-electron chi connectivity index (χ2n) is 4.31. The normalized spacial score (nSPS) is 52.2. The molecule has 4 atom stereocenters. The monoisotopic (exact) mass is 186 g/mol. The van der Waals surface area contributed by atoms with Gasteiger partial charge in [0.1, 0.15) is 24.4 Å². The number of epoxide rings is 1.